The Labute approximate surface area is 131 Å². The molecule has 5 heteroatoms. The average Bonchev–Trinajstić information content (AvgIpc) is 2.76. The lowest BCUT2D eigenvalue weighted by molar-refractivity contribution is 0.0431. The molecular formula is C17H24N2O3. The fourth-order valence-corrected chi connectivity index (χ4v) is 3.31. The number of ether oxygens (including phenoxy) is 2. The van der Waals surface area contributed by atoms with E-state index in [4.69, 9.17) is 9.47 Å². The summed E-state index contributed by atoms with van der Waals surface area (Å²) in [5, 5.41) is 0. The van der Waals surface area contributed by atoms with Crippen LogP contribution in [-0.2, 0) is 4.74 Å². The van der Waals surface area contributed by atoms with E-state index in [0.717, 1.165) is 19.7 Å². The summed E-state index contributed by atoms with van der Waals surface area (Å²) in [5.74, 6) is 1.12. The number of amides is 1. The molecule has 120 valence electrons. The molecule has 2 fully saturated rings. The number of nitrogens with zero attached hydrogens (tertiary/aromatic N) is 2. The van der Waals surface area contributed by atoms with Gasteiger partial charge < -0.3 is 14.4 Å². The Hall–Kier alpha value is -1.59. The van der Waals surface area contributed by atoms with E-state index in [2.05, 4.69) is 11.9 Å². The molecule has 5 nitrogen and oxygen atoms in total. The second-order valence-corrected chi connectivity index (χ2v) is 6.14. The number of likely N-dealkylation sites (N-methyl/N-ethyl adjacent to an activating group) is 1. The van der Waals surface area contributed by atoms with Gasteiger partial charge in [0.05, 0.1) is 31.4 Å². The van der Waals surface area contributed by atoms with Gasteiger partial charge in [0.2, 0.25) is 0 Å². The van der Waals surface area contributed by atoms with Crippen LogP contribution in [0.3, 0.4) is 0 Å². The second kappa shape index (κ2) is 6.67. The molecule has 0 saturated carbocycles. The van der Waals surface area contributed by atoms with Gasteiger partial charge in [-0.15, -0.1) is 0 Å². The normalized spacial score (nSPS) is 25.6. The Morgan fingerprint density at radius 1 is 1.27 bits per heavy atom. The molecule has 1 aromatic rings. The minimum atomic E-state index is 0.0660. The van der Waals surface area contributed by atoms with Crippen LogP contribution in [0.1, 0.15) is 17.3 Å². The minimum absolute atomic E-state index is 0.0660. The average molecular weight is 304 g/mol. The van der Waals surface area contributed by atoms with Gasteiger partial charge in [0.1, 0.15) is 5.75 Å². The molecule has 2 saturated heterocycles. The molecule has 0 aromatic heterocycles. The summed E-state index contributed by atoms with van der Waals surface area (Å²) < 4.78 is 11.3. The van der Waals surface area contributed by atoms with E-state index in [0.29, 0.717) is 37.0 Å². The van der Waals surface area contributed by atoms with Crippen molar-refractivity contribution in [3.63, 3.8) is 0 Å². The highest BCUT2D eigenvalue weighted by Gasteiger charge is 2.34. The summed E-state index contributed by atoms with van der Waals surface area (Å²) >= 11 is 0. The Kier molecular flexibility index (Phi) is 4.64. The molecule has 0 spiro atoms. The quantitative estimate of drug-likeness (QED) is 0.848. The summed E-state index contributed by atoms with van der Waals surface area (Å²) in [7, 11) is 2.12. The highest BCUT2D eigenvalue weighted by Crippen LogP contribution is 2.24. The van der Waals surface area contributed by atoms with Crippen molar-refractivity contribution in [2.45, 2.75) is 13.0 Å². The van der Waals surface area contributed by atoms with E-state index in [1.807, 2.05) is 36.1 Å². The highest BCUT2D eigenvalue weighted by molar-refractivity contribution is 5.97. The van der Waals surface area contributed by atoms with Gasteiger partial charge in [0, 0.05) is 25.6 Å². The van der Waals surface area contributed by atoms with Crippen molar-refractivity contribution in [3.05, 3.63) is 29.8 Å². The SMILES string of the molecule is CCOc1ccccc1C(=O)N1C[C@@H]2COC[C@H](C1)N(C)C2. The first-order chi connectivity index (χ1) is 10.7. The molecule has 1 aromatic carbocycles. The van der Waals surface area contributed by atoms with Crippen LogP contribution in [-0.4, -0.2) is 68.3 Å². The molecule has 3 rings (SSSR count). The van der Waals surface area contributed by atoms with Crippen LogP contribution < -0.4 is 4.74 Å². The van der Waals surface area contributed by atoms with Crippen LogP contribution in [0.5, 0.6) is 5.75 Å². The molecule has 0 aliphatic carbocycles. The maximum Gasteiger partial charge on any atom is 0.257 e. The third kappa shape index (κ3) is 3.10. The zero-order valence-corrected chi connectivity index (χ0v) is 13.3. The van der Waals surface area contributed by atoms with Crippen molar-refractivity contribution < 1.29 is 14.3 Å². The van der Waals surface area contributed by atoms with Gasteiger partial charge in [-0.2, -0.15) is 0 Å². The zero-order chi connectivity index (χ0) is 15.5. The maximum absolute atomic E-state index is 13.0. The number of carbonyl (C=O) groups excluding carboxylic acids is 1. The summed E-state index contributed by atoms with van der Waals surface area (Å²) in [6, 6.07) is 7.79. The van der Waals surface area contributed by atoms with E-state index in [-0.39, 0.29) is 11.9 Å². The lowest BCUT2D eigenvalue weighted by Gasteiger charge is -2.30. The van der Waals surface area contributed by atoms with Crippen LogP contribution in [0, 0.1) is 5.92 Å². The molecular weight excluding hydrogens is 280 g/mol. The van der Waals surface area contributed by atoms with Crippen LogP contribution in [0.25, 0.3) is 0 Å². The smallest absolute Gasteiger partial charge is 0.257 e. The minimum Gasteiger partial charge on any atom is -0.493 e. The van der Waals surface area contributed by atoms with E-state index in [1.165, 1.54) is 0 Å². The third-order valence-electron chi connectivity index (χ3n) is 4.45. The second-order valence-electron chi connectivity index (χ2n) is 6.14. The maximum atomic E-state index is 13.0. The van der Waals surface area contributed by atoms with Gasteiger partial charge >= 0.3 is 0 Å². The first-order valence-electron chi connectivity index (χ1n) is 7.98. The number of fused-ring (bicyclic) bond motifs is 3. The largest absolute Gasteiger partial charge is 0.493 e. The third-order valence-corrected chi connectivity index (χ3v) is 4.45. The van der Waals surface area contributed by atoms with Crippen LogP contribution in [0.4, 0.5) is 0 Å². The Balaban J connectivity index is 1.83. The Morgan fingerprint density at radius 2 is 2.09 bits per heavy atom. The van der Waals surface area contributed by atoms with Gasteiger partial charge in [-0.3, -0.25) is 9.69 Å². The van der Waals surface area contributed by atoms with Crippen molar-refractivity contribution in [3.8, 4) is 5.75 Å². The molecule has 0 N–H and O–H groups in total. The summed E-state index contributed by atoms with van der Waals surface area (Å²) in [6.07, 6.45) is 0. The van der Waals surface area contributed by atoms with E-state index >= 15 is 0 Å². The summed E-state index contributed by atoms with van der Waals surface area (Å²) in [4.78, 5) is 17.3. The first-order valence-corrected chi connectivity index (χ1v) is 7.98. The first kappa shape index (κ1) is 15.3. The van der Waals surface area contributed by atoms with E-state index in [1.54, 1.807) is 0 Å². The fraction of sp³-hybridized carbons (Fsp3) is 0.588. The van der Waals surface area contributed by atoms with Gasteiger partial charge in [0.25, 0.3) is 5.91 Å². The molecule has 22 heavy (non-hydrogen) atoms. The Bertz CT molecular complexity index is 534. The molecule has 0 radical (unpaired) electrons. The van der Waals surface area contributed by atoms with Crippen LogP contribution in [0.2, 0.25) is 0 Å². The van der Waals surface area contributed by atoms with Gasteiger partial charge in [-0.1, -0.05) is 12.1 Å². The summed E-state index contributed by atoms with van der Waals surface area (Å²) in [6.45, 7) is 6.38. The molecule has 1 amide bonds. The number of rotatable bonds is 3. The predicted octanol–water partition coefficient (Wildman–Crippen LogP) is 1.49. The van der Waals surface area contributed by atoms with Gasteiger partial charge in [-0.25, -0.2) is 0 Å². The molecule has 2 aliphatic heterocycles. The lowest BCUT2D eigenvalue weighted by atomic mass is 10.1. The molecule has 2 atom stereocenters. The zero-order valence-electron chi connectivity index (χ0n) is 13.3. The van der Waals surface area contributed by atoms with Crippen molar-refractivity contribution in [1.82, 2.24) is 9.80 Å². The number of hydrogen-bond donors (Lipinski definition) is 0. The van der Waals surface area contributed by atoms with Crippen molar-refractivity contribution in [1.29, 1.82) is 0 Å². The van der Waals surface area contributed by atoms with E-state index in [9.17, 15) is 4.79 Å². The fourth-order valence-electron chi connectivity index (χ4n) is 3.31. The predicted molar refractivity (Wildman–Crippen MR) is 84.2 cm³/mol. The number of benzene rings is 1. The lowest BCUT2D eigenvalue weighted by Crippen LogP contribution is -2.44. The molecule has 0 unspecified atom stereocenters. The van der Waals surface area contributed by atoms with Crippen LogP contribution >= 0.6 is 0 Å². The molecule has 2 heterocycles. The molecule has 2 bridgehead atoms. The van der Waals surface area contributed by atoms with Crippen molar-refractivity contribution in [2.24, 2.45) is 5.92 Å². The monoisotopic (exact) mass is 304 g/mol. The van der Waals surface area contributed by atoms with E-state index < -0.39 is 0 Å². The highest BCUT2D eigenvalue weighted by atomic mass is 16.5. The van der Waals surface area contributed by atoms with Gasteiger partial charge in [0.15, 0.2) is 0 Å². The number of hydrogen-bond acceptors (Lipinski definition) is 4. The van der Waals surface area contributed by atoms with Crippen molar-refractivity contribution in [2.75, 3.05) is 46.5 Å². The standard InChI is InChI=1S/C17H24N2O3/c1-3-22-16-7-5-4-6-15(16)17(20)19-9-13-8-18(2)14(10-19)12-21-11-13/h4-7,13-14H,3,8-12H2,1-2H3/t13-,14+/m1/s1. The number of para-hydroxylation sites is 1. The van der Waals surface area contributed by atoms with Crippen molar-refractivity contribution >= 4 is 5.91 Å². The molecule has 2 aliphatic rings. The topological polar surface area (TPSA) is 42.0 Å². The summed E-state index contributed by atoms with van der Waals surface area (Å²) in [5.41, 5.74) is 0.660. The van der Waals surface area contributed by atoms with Crippen LogP contribution in [0.15, 0.2) is 24.3 Å². The Morgan fingerprint density at radius 3 is 2.91 bits per heavy atom. The van der Waals surface area contributed by atoms with Gasteiger partial charge in [-0.05, 0) is 26.1 Å². The number of carbonyl (C=O) groups is 1.